The highest BCUT2D eigenvalue weighted by atomic mass is 16.2. The summed E-state index contributed by atoms with van der Waals surface area (Å²) in [5, 5.41) is 0. The second-order valence-electron chi connectivity index (χ2n) is 7.09. The van der Waals surface area contributed by atoms with Gasteiger partial charge in [0.1, 0.15) is 11.6 Å². The van der Waals surface area contributed by atoms with E-state index in [-0.39, 0.29) is 5.91 Å². The molecule has 0 bridgehead atoms. The molecule has 1 aliphatic rings. The van der Waals surface area contributed by atoms with Gasteiger partial charge in [-0.3, -0.25) is 4.79 Å². The van der Waals surface area contributed by atoms with E-state index in [2.05, 4.69) is 20.6 Å². The quantitative estimate of drug-likeness (QED) is 0.767. The normalized spacial score (nSPS) is 17.7. The maximum Gasteiger partial charge on any atom is 0.222 e. The Morgan fingerprint density at radius 1 is 1.35 bits per heavy atom. The number of piperidine rings is 1. The molecule has 3 heterocycles. The number of imidazole rings is 2. The average Bonchev–Trinajstić information content (AvgIpc) is 3.28. The molecule has 1 N–H and O–H groups in total. The van der Waals surface area contributed by atoms with Crippen molar-refractivity contribution in [1.82, 2.24) is 24.4 Å². The Morgan fingerprint density at radius 2 is 2.23 bits per heavy atom. The molecule has 3 aromatic rings. The number of para-hydroxylation sites is 2. The largest absolute Gasteiger partial charge is 0.342 e. The number of fused-ring (bicyclic) bond motifs is 1. The number of H-pyrrole nitrogens is 1. The third kappa shape index (κ3) is 3.49. The number of benzene rings is 1. The number of rotatable bonds is 5. The molecular weight excluding hydrogens is 326 g/mol. The second kappa shape index (κ2) is 7.32. The second-order valence-corrected chi connectivity index (χ2v) is 7.09. The molecular formula is C20H25N5O. The number of likely N-dealkylation sites (tertiary alicyclic amines) is 1. The summed E-state index contributed by atoms with van der Waals surface area (Å²) in [6.07, 6.45) is 7.33. The molecule has 1 atom stereocenters. The molecule has 136 valence electrons. The third-order valence-electron chi connectivity index (χ3n) is 5.28. The summed E-state index contributed by atoms with van der Waals surface area (Å²) >= 11 is 0. The number of nitrogens with one attached hydrogen (secondary N) is 1. The molecule has 0 aliphatic carbocycles. The molecule has 0 unspecified atom stereocenters. The van der Waals surface area contributed by atoms with E-state index >= 15 is 0 Å². The van der Waals surface area contributed by atoms with Crippen LogP contribution in [0.3, 0.4) is 0 Å². The maximum absolute atomic E-state index is 12.6. The highest BCUT2D eigenvalue weighted by Gasteiger charge is 2.26. The topological polar surface area (TPSA) is 66.8 Å². The van der Waals surface area contributed by atoms with Crippen molar-refractivity contribution in [2.45, 2.75) is 45.1 Å². The molecule has 0 radical (unpaired) electrons. The van der Waals surface area contributed by atoms with Crippen LogP contribution >= 0.6 is 0 Å². The molecule has 4 rings (SSSR count). The zero-order valence-electron chi connectivity index (χ0n) is 15.2. The molecule has 0 saturated carbocycles. The summed E-state index contributed by atoms with van der Waals surface area (Å²) in [5.41, 5.74) is 2.07. The van der Waals surface area contributed by atoms with Crippen molar-refractivity contribution < 1.29 is 4.79 Å². The van der Waals surface area contributed by atoms with Gasteiger partial charge in [0.2, 0.25) is 5.91 Å². The number of nitrogens with zero attached hydrogens (tertiary/aromatic N) is 4. The Balaban J connectivity index is 1.35. The van der Waals surface area contributed by atoms with Gasteiger partial charge in [0.05, 0.1) is 11.0 Å². The van der Waals surface area contributed by atoms with E-state index in [1.54, 1.807) is 6.20 Å². The average molecular weight is 351 g/mol. The molecule has 6 heteroatoms. The maximum atomic E-state index is 12.6. The number of carbonyl (C=O) groups is 1. The highest BCUT2D eigenvalue weighted by Crippen LogP contribution is 2.27. The number of carbonyl (C=O) groups excluding carboxylic acids is 1. The molecule has 1 aromatic carbocycles. The Hall–Kier alpha value is -2.63. The van der Waals surface area contributed by atoms with Gasteiger partial charge in [-0.2, -0.15) is 0 Å². The SMILES string of the molecule is Cc1nccn1CCCC(=O)N1CCC[C@H](c2nc3ccccc3[nH]2)C1. The first-order chi connectivity index (χ1) is 12.7. The predicted octanol–water partition coefficient (Wildman–Crippen LogP) is 3.25. The summed E-state index contributed by atoms with van der Waals surface area (Å²) in [6.45, 7) is 4.46. The number of aryl methyl sites for hydroxylation is 2. The Morgan fingerprint density at radius 3 is 3.04 bits per heavy atom. The summed E-state index contributed by atoms with van der Waals surface area (Å²) in [5.74, 6) is 2.57. The summed E-state index contributed by atoms with van der Waals surface area (Å²) < 4.78 is 2.10. The summed E-state index contributed by atoms with van der Waals surface area (Å²) in [6, 6.07) is 8.10. The standard InChI is InChI=1S/C20H25N5O/c1-15-21-10-13-24(15)11-5-9-19(26)25-12-4-6-16(14-25)20-22-17-7-2-3-8-18(17)23-20/h2-3,7-8,10,13,16H,4-6,9,11-12,14H2,1H3,(H,22,23)/t16-/m0/s1. The molecule has 1 saturated heterocycles. The molecule has 6 nitrogen and oxygen atoms in total. The van der Waals surface area contributed by atoms with Gasteiger partial charge in [-0.05, 0) is 38.3 Å². The number of amides is 1. The summed E-state index contributed by atoms with van der Waals surface area (Å²) in [7, 11) is 0. The molecule has 0 spiro atoms. The minimum absolute atomic E-state index is 0.253. The lowest BCUT2D eigenvalue weighted by atomic mass is 9.97. The minimum atomic E-state index is 0.253. The molecule has 1 aliphatic heterocycles. The first kappa shape index (κ1) is 16.8. The van der Waals surface area contributed by atoms with E-state index in [9.17, 15) is 4.79 Å². The Labute approximate surface area is 153 Å². The number of aromatic amines is 1. The predicted molar refractivity (Wildman–Crippen MR) is 101 cm³/mol. The van der Waals surface area contributed by atoms with Crippen LogP contribution in [0.15, 0.2) is 36.7 Å². The lowest BCUT2D eigenvalue weighted by Gasteiger charge is -2.32. The third-order valence-corrected chi connectivity index (χ3v) is 5.28. The first-order valence-corrected chi connectivity index (χ1v) is 9.41. The van der Waals surface area contributed by atoms with E-state index in [4.69, 9.17) is 4.98 Å². The van der Waals surface area contributed by atoms with Crippen LogP contribution in [0.5, 0.6) is 0 Å². The van der Waals surface area contributed by atoms with Crippen molar-refractivity contribution in [3.8, 4) is 0 Å². The summed E-state index contributed by atoms with van der Waals surface area (Å²) in [4.78, 5) is 27.0. The van der Waals surface area contributed by atoms with Crippen LogP contribution in [0.2, 0.25) is 0 Å². The number of hydrogen-bond donors (Lipinski definition) is 1. The van der Waals surface area contributed by atoms with Crippen LogP contribution in [0.4, 0.5) is 0 Å². The van der Waals surface area contributed by atoms with Gasteiger partial charge in [0.25, 0.3) is 0 Å². The van der Waals surface area contributed by atoms with E-state index < -0.39 is 0 Å². The molecule has 26 heavy (non-hydrogen) atoms. The van der Waals surface area contributed by atoms with Crippen molar-refractivity contribution >= 4 is 16.9 Å². The van der Waals surface area contributed by atoms with E-state index in [1.165, 1.54) is 0 Å². The van der Waals surface area contributed by atoms with Crippen molar-refractivity contribution in [2.75, 3.05) is 13.1 Å². The fraction of sp³-hybridized carbons (Fsp3) is 0.450. The van der Waals surface area contributed by atoms with Gasteiger partial charge in [-0.15, -0.1) is 0 Å². The van der Waals surface area contributed by atoms with Crippen LogP contribution in [-0.4, -0.2) is 43.4 Å². The van der Waals surface area contributed by atoms with E-state index in [1.807, 2.05) is 36.2 Å². The number of aromatic nitrogens is 4. The van der Waals surface area contributed by atoms with Crippen LogP contribution in [0, 0.1) is 6.92 Å². The van der Waals surface area contributed by atoms with Gasteiger partial charge in [0, 0.05) is 44.4 Å². The lowest BCUT2D eigenvalue weighted by Crippen LogP contribution is -2.39. The zero-order chi connectivity index (χ0) is 17.9. The smallest absolute Gasteiger partial charge is 0.222 e. The van der Waals surface area contributed by atoms with Crippen LogP contribution < -0.4 is 0 Å². The van der Waals surface area contributed by atoms with Crippen molar-refractivity contribution in [2.24, 2.45) is 0 Å². The van der Waals surface area contributed by atoms with Gasteiger partial charge >= 0.3 is 0 Å². The highest BCUT2D eigenvalue weighted by molar-refractivity contribution is 5.76. The van der Waals surface area contributed by atoms with Gasteiger partial charge < -0.3 is 14.5 Å². The molecule has 1 fully saturated rings. The van der Waals surface area contributed by atoms with Gasteiger partial charge in [-0.25, -0.2) is 9.97 Å². The Bertz CT molecular complexity index is 863. The molecule has 2 aromatic heterocycles. The van der Waals surface area contributed by atoms with Crippen molar-refractivity contribution in [3.05, 3.63) is 48.3 Å². The van der Waals surface area contributed by atoms with E-state index in [0.29, 0.717) is 12.3 Å². The number of hydrogen-bond acceptors (Lipinski definition) is 3. The first-order valence-electron chi connectivity index (χ1n) is 9.41. The van der Waals surface area contributed by atoms with Crippen LogP contribution in [-0.2, 0) is 11.3 Å². The van der Waals surface area contributed by atoms with Crippen LogP contribution in [0.1, 0.15) is 43.3 Å². The molecule has 1 amide bonds. The minimum Gasteiger partial charge on any atom is -0.342 e. The van der Waals surface area contributed by atoms with Gasteiger partial charge in [0.15, 0.2) is 0 Å². The monoisotopic (exact) mass is 351 g/mol. The van der Waals surface area contributed by atoms with Gasteiger partial charge in [-0.1, -0.05) is 12.1 Å². The zero-order valence-corrected chi connectivity index (χ0v) is 15.2. The fourth-order valence-corrected chi connectivity index (χ4v) is 3.79. The van der Waals surface area contributed by atoms with Crippen LogP contribution in [0.25, 0.3) is 11.0 Å². The Kier molecular flexibility index (Phi) is 4.73. The van der Waals surface area contributed by atoms with Crippen molar-refractivity contribution in [1.29, 1.82) is 0 Å². The van der Waals surface area contributed by atoms with Crippen molar-refractivity contribution in [3.63, 3.8) is 0 Å². The lowest BCUT2D eigenvalue weighted by molar-refractivity contribution is -0.132. The fourth-order valence-electron chi connectivity index (χ4n) is 3.79. The van der Waals surface area contributed by atoms with E-state index in [0.717, 1.165) is 61.6 Å².